The second kappa shape index (κ2) is 5.84. The van der Waals surface area contributed by atoms with Gasteiger partial charge in [-0.3, -0.25) is 4.79 Å². The Hall–Kier alpha value is -2.29. The van der Waals surface area contributed by atoms with Gasteiger partial charge in [0.15, 0.2) is 0 Å². The summed E-state index contributed by atoms with van der Waals surface area (Å²) >= 11 is 0. The quantitative estimate of drug-likeness (QED) is 0.870. The van der Waals surface area contributed by atoms with Crippen LogP contribution in [-0.4, -0.2) is 11.9 Å². The molecule has 2 unspecified atom stereocenters. The lowest BCUT2D eigenvalue weighted by atomic mass is 9.86. The highest BCUT2D eigenvalue weighted by molar-refractivity contribution is 5.97. The normalized spacial score (nSPS) is 20.0. The van der Waals surface area contributed by atoms with E-state index in [1.807, 2.05) is 43.3 Å². The van der Waals surface area contributed by atoms with E-state index in [1.165, 1.54) is 5.56 Å². The third-order valence-electron chi connectivity index (χ3n) is 4.28. The van der Waals surface area contributed by atoms with Gasteiger partial charge in [-0.05, 0) is 50.5 Å². The van der Waals surface area contributed by atoms with Crippen LogP contribution in [0, 0.1) is 13.8 Å². The molecule has 114 valence electrons. The minimum absolute atomic E-state index is 0.0766. The zero-order valence-corrected chi connectivity index (χ0v) is 13.3. The molecular weight excluding hydrogens is 272 g/mol. The first-order valence-electron chi connectivity index (χ1n) is 7.78. The van der Waals surface area contributed by atoms with E-state index in [2.05, 4.69) is 30.5 Å². The van der Waals surface area contributed by atoms with Gasteiger partial charge in [-0.1, -0.05) is 35.9 Å². The Bertz CT molecular complexity index is 708. The smallest absolute Gasteiger partial charge is 0.232 e. The molecule has 1 aliphatic rings. The number of anilines is 2. The number of amides is 1. The van der Waals surface area contributed by atoms with E-state index in [0.29, 0.717) is 6.04 Å². The number of carbonyl (C=O) groups is 1. The lowest BCUT2D eigenvalue weighted by Gasteiger charge is -2.30. The standard InChI is InChI=1S/C19H22N2O/c1-12-8-9-17(13(2)10-12)21-19(22)16-11-14(3)20-18-7-5-4-6-15(16)18/h4-10,14,16,20H,11H2,1-3H3,(H,21,22). The molecule has 0 radical (unpaired) electrons. The topological polar surface area (TPSA) is 41.1 Å². The van der Waals surface area contributed by atoms with Gasteiger partial charge in [0, 0.05) is 17.4 Å². The molecule has 1 heterocycles. The van der Waals surface area contributed by atoms with Crippen LogP contribution in [0.15, 0.2) is 42.5 Å². The Morgan fingerprint density at radius 2 is 1.95 bits per heavy atom. The first-order valence-corrected chi connectivity index (χ1v) is 7.78. The Balaban J connectivity index is 1.86. The van der Waals surface area contributed by atoms with Gasteiger partial charge in [0.05, 0.1) is 5.92 Å². The van der Waals surface area contributed by atoms with Crippen LogP contribution in [0.25, 0.3) is 0 Å². The summed E-state index contributed by atoms with van der Waals surface area (Å²) in [6.45, 7) is 6.21. The van der Waals surface area contributed by atoms with Gasteiger partial charge in [-0.15, -0.1) is 0 Å². The molecule has 22 heavy (non-hydrogen) atoms. The number of fused-ring (bicyclic) bond motifs is 1. The van der Waals surface area contributed by atoms with Gasteiger partial charge in [-0.2, -0.15) is 0 Å². The highest BCUT2D eigenvalue weighted by Crippen LogP contribution is 2.35. The van der Waals surface area contributed by atoms with E-state index in [4.69, 9.17) is 0 Å². The highest BCUT2D eigenvalue weighted by atomic mass is 16.1. The second-order valence-electron chi connectivity index (χ2n) is 6.23. The van der Waals surface area contributed by atoms with E-state index < -0.39 is 0 Å². The fourth-order valence-electron chi connectivity index (χ4n) is 3.16. The molecule has 2 atom stereocenters. The molecule has 0 fully saturated rings. The van der Waals surface area contributed by atoms with Crippen molar-refractivity contribution in [2.75, 3.05) is 10.6 Å². The van der Waals surface area contributed by atoms with E-state index in [9.17, 15) is 4.79 Å². The van der Waals surface area contributed by atoms with Crippen molar-refractivity contribution in [1.29, 1.82) is 0 Å². The molecule has 3 rings (SSSR count). The summed E-state index contributed by atoms with van der Waals surface area (Å²) in [6, 6.07) is 14.5. The zero-order chi connectivity index (χ0) is 15.7. The van der Waals surface area contributed by atoms with Gasteiger partial charge in [0.1, 0.15) is 0 Å². The Morgan fingerprint density at radius 1 is 1.18 bits per heavy atom. The maximum Gasteiger partial charge on any atom is 0.232 e. The van der Waals surface area contributed by atoms with Crippen molar-refractivity contribution in [1.82, 2.24) is 0 Å². The van der Waals surface area contributed by atoms with Crippen LogP contribution in [0.4, 0.5) is 11.4 Å². The van der Waals surface area contributed by atoms with Gasteiger partial charge >= 0.3 is 0 Å². The van der Waals surface area contributed by atoms with Crippen molar-refractivity contribution < 1.29 is 4.79 Å². The fraction of sp³-hybridized carbons (Fsp3) is 0.316. The fourth-order valence-corrected chi connectivity index (χ4v) is 3.16. The third kappa shape index (κ3) is 2.84. The van der Waals surface area contributed by atoms with Crippen LogP contribution in [0.5, 0.6) is 0 Å². The Kier molecular flexibility index (Phi) is 3.88. The molecule has 3 heteroatoms. The number of nitrogens with one attached hydrogen (secondary N) is 2. The van der Waals surface area contributed by atoms with E-state index >= 15 is 0 Å². The number of hydrogen-bond donors (Lipinski definition) is 2. The highest BCUT2D eigenvalue weighted by Gasteiger charge is 2.29. The molecule has 0 saturated heterocycles. The van der Waals surface area contributed by atoms with Crippen LogP contribution in [0.1, 0.15) is 36.0 Å². The average Bonchev–Trinajstić information content (AvgIpc) is 2.49. The van der Waals surface area contributed by atoms with E-state index in [0.717, 1.165) is 28.9 Å². The maximum absolute atomic E-state index is 12.8. The molecule has 0 aliphatic carbocycles. The Morgan fingerprint density at radius 3 is 2.73 bits per heavy atom. The predicted octanol–water partition coefficient (Wildman–Crippen LogP) is 4.23. The second-order valence-corrected chi connectivity index (χ2v) is 6.23. The number of benzene rings is 2. The molecule has 0 aromatic heterocycles. The molecule has 2 aromatic carbocycles. The molecule has 0 bridgehead atoms. The summed E-state index contributed by atoms with van der Waals surface area (Å²) in [6.07, 6.45) is 0.813. The molecule has 2 N–H and O–H groups in total. The summed E-state index contributed by atoms with van der Waals surface area (Å²) in [7, 11) is 0. The summed E-state index contributed by atoms with van der Waals surface area (Å²) in [4.78, 5) is 12.8. The molecule has 1 aliphatic heterocycles. The van der Waals surface area contributed by atoms with E-state index in [-0.39, 0.29) is 11.8 Å². The first-order chi connectivity index (χ1) is 10.5. The minimum atomic E-state index is -0.104. The van der Waals surface area contributed by atoms with Crippen molar-refractivity contribution in [2.45, 2.75) is 39.2 Å². The monoisotopic (exact) mass is 294 g/mol. The zero-order valence-electron chi connectivity index (χ0n) is 13.3. The van der Waals surface area contributed by atoms with Gasteiger partial charge in [0.25, 0.3) is 0 Å². The van der Waals surface area contributed by atoms with Crippen molar-refractivity contribution in [2.24, 2.45) is 0 Å². The molecule has 1 amide bonds. The van der Waals surface area contributed by atoms with Crippen LogP contribution >= 0.6 is 0 Å². The van der Waals surface area contributed by atoms with Crippen molar-refractivity contribution in [3.8, 4) is 0 Å². The number of rotatable bonds is 2. The summed E-state index contributed by atoms with van der Waals surface area (Å²) in [5.74, 6) is -0.0269. The van der Waals surface area contributed by atoms with Crippen LogP contribution in [-0.2, 0) is 4.79 Å². The summed E-state index contributed by atoms with van der Waals surface area (Å²) in [5, 5.41) is 6.55. The van der Waals surface area contributed by atoms with Crippen LogP contribution in [0.3, 0.4) is 0 Å². The molecule has 0 saturated carbocycles. The first kappa shape index (κ1) is 14.6. The Labute approximate surface area is 131 Å². The van der Waals surface area contributed by atoms with Crippen molar-refractivity contribution >= 4 is 17.3 Å². The maximum atomic E-state index is 12.8. The lowest BCUT2D eigenvalue weighted by molar-refractivity contribution is -0.117. The number of aryl methyl sites for hydroxylation is 2. The van der Waals surface area contributed by atoms with Crippen LogP contribution in [0.2, 0.25) is 0 Å². The lowest BCUT2D eigenvalue weighted by Crippen LogP contribution is -2.32. The summed E-state index contributed by atoms with van der Waals surface area (Å²) < 4.78 is 0. The van der Waals surface area contributed by atoms with Gasteiger partial charge in [-0.25, -0.2) is 0 Å². The number of para-hydroxylation sites is 1. The third-order valence-corrected chi connectivity index (χ3v) is 4.28. The molecule has 0 spiro atoms. The predicted molar refractivity (Wildman–Crippen MR) is 91.4 cm³/mol. The molecular formula is C19H22N2O. The van der Waals surface area contributed by atoms with Crippen molar-refractivity contribution in [3.05, 3.63) is 59.2 Å². The number of carbonyl (C=O) groups excluding carboxylic acids is 1. The van der Waals surface area contributed by atoms with Gasteiger partial charge in [0.2, 0.25) is 5.91 Å². The SMILES string of the molecule is Cc1ccc(NC(=O)C2CC(C)Nc3ccccc32)c(C)c1. The summed E-state index contributed by atoms with van der Waals surface area (Å²) in [5.41, 5.74) is 5.36. The minimum Gasteiger partial charge on any atom is -0.382 e. The van der Waals surface area contributed by atoms with E-state index in [1.54, 1.807) is 0 Å². The average molecular weight is 294 g/mol. The van der Waals surface area contributed by atoms with Crippen molar-refractivity contribution in [3.63, 3.8) is 0 Å². The van der Waals surface area contributed by atoms with Crippen LogP contribution < -0.4 is 10.6 Å². The molecule has 3 nitrogen and oxygen atoms in total. The largest absolute Gasteiger partial charge is 0.382 e. The number of hydrogen-bond acceptors (Lipinski definition) is 2. The molecule has 2 aromatic rings. The van der Waals surface area contributed by atoms with Gasteiger partial charge < -0.3 is 10.6 Å².